The fraction of sp³-hybridized carbons (Fsp3) is 0.222. The summed E-state index contributed by atoms with van der Waals surface area (Å²) in [5.74, 6) is -1.35. The van der Waals surface area contributed by atoms with Gasteiger partial charge in [-0.05, 0) is 18.2 Å². The number of carbonyl (C=O) groups excluding carboxylic acids is 1. The van der Waals surface area contributed by atoms with Crippen LogP contribution in [0.25, 0.3) is 0 Å². The molecule has 0 saturated carbocycles. The van der Waals surface area contributed by atoms with E-state index in [4.69, 9.17) is 10.8 Å². The third-order valence-electron chi connectivity index (χ3n) is 1.56. The van der Waals surface area contributed by atoms with E-state index in [1.807, 2.05) is 0 Å². The lowest BCUT2D eigenvalue weighted by molar-refractivity contribution is 0.0433. The number of carbonyl (C=O) groups is 1. The van der Waals surface area contributed by atoms with Gasteiger partial charge in [0.05, 0.1) is 17.9 Å². The van der Waals surface area contributed by atoms with Gasteiger partial charge in [0.15, 0.2) is 0 Å². The van der Waals surface area contributed by atoms with Gasteiger partial charge in [0, 0.05) is 0 Å². The second-order valence-corrected chi connectivity index (χ2v) is 2.60. The maximum atomic E-state index is 12.9. The summed E-state index contributed by atoms with van der Waals surface area (Å²) in [4.78, 5) is 11.1. The van der Waals surface area contributed by atoms with Crippen molar-refractivity contribution >= 4 is 11.7 Å². The van der Waals surface area contributed by atoms with E-state index in [1.165, 1.54) is 12.1 Å². The molecular weight excluding hydrogens is 189 g/mol. The van der Waals surface area contributed by atoms with Gasteiger partial charge in [-0.1, -0.05) is 0 Å². The second kappa shape index (κ2) is 4.57. The van der Waals surface area contributed by atoms with Gasteiger partial charge in [0.25, 0.3) is 0 Å². The Labute approximate surface area is 80.1 Å². The van der Waals surface area contributed by atoms with Crippen LogP contribution in [0.2, 0.25) is 0 Å². The smallest absolute Gasteiger partial charge is 0.338 e. The van der Waals surface area contributed by atoms with Gasteiger partial charge in [-0.2, -0.15) is 0 Å². The minimum Gasteiger partial charge on any atom is -0.460 e. The molecule has 1 aromatic rings. The Hall–Kier alpha value is -1.62. The number of aliphatic hydroxyl groups excluding tert-OH is 1. The number of esters is 1. The number of hydrogen-bond acceptors (Lipinski definition) is 4. The Morgan fingerprint density at radius 3 is 2.86 bits per heavy atom. The second-order valence-electron chi connectivity index (χ2n) is 2.60. The maximum absolute atomic E-state index is 12.9. The maximum Gasteiger partial charge on any atom is 0.338 e. The van der Waals surface area contributed by atoms with Crippen LogP contribution in [0.5, 0.6) is 0 Å². The van der Waals surface area contributed by atoms with Crippen molar-refractivity contribution in [2.45, 2.75) is 0 Å². The highest BCUT2D eigenvalue weighted by molar-refractivity contribution is 5.89. The fourth-order valence-corrected chi connectivity index (χ4v) is 0.876. The Kier molecular flexibility index (Phi) is 3.41. The average molecular weight is 199 g/mol. The van der Waals surface area contributed by atoms with Crippen LogP contribution < -0.4 is 5.73 Å². The summed E-state index contributed by atoms with van der Waals surface area (Å²) in [6, 6.07) is 3.64. The van der Waals surface area contributed by atoms with Crippen molar-refractivity contribution in [2.75, 3.05) is 18.9 Å². The molecule has 0 aliphatic heterocycles. The first-order valence-electron chi connectivity index (χ1n) is 3.98. The van der Waals surface area contributed by atoms with Gasteiger partial charge in [0.1, 0.15) is 12.4 Å². The molecule has 0 saturated heterocycles. The predicted octanol–water partition coefficient (Wildman–Crippen LogP) is 0.557. The van der Waals surface area contributed by atoms with E-state index in [0.717, 1.165) is 6.07 Å². The minimum atomic E-state index is -0.682. The van der Waals surface area contributed by atoms with Crippen LogP contribution in [0.4, 0.5) is 10.1 Å². The number of anilines is 1. The standard InChI is InChI=1S/C9H10FNO3/c10-7-5-6(1-2-8(7)11)9(13)14-4-3-12/h1-2,5,12H,3-4,11H2. The Bertz CT molecular complexity index is 341. The van der Waals surface area contributed by atoms with Crippen molar-refractivity contribution in [3.05, 3.63) is 29.6 Å². The lowest BCUT2D eigenvalue weighted by Gasteiger charge is -2.03. The van der Waals surface area contributed by atoms with Crippen LogP contribution in [0.1, 0.15) is 10.4 Å². The number of aliphatic hydroxyl groups is 1. The SMILES string of the molecule is Nc1ccc(C(=O)OCCO)cc1F. The molecule has 0 amide bonds. The van der Waals surface area contributed by atoms with Crippen molar-refractivity contribution in [2.24, 2.45) is 0 Å². The zero-order valence-electron chi connectivity index (χ0n) is 7.37. The van der Waals surface area contributed by atoms with Crippen LogP contribution in [0, 0.1) is 5.82 Å². The molecule has 5 heteroatoms. The summed E-state index contributed by atoms with van der Waals surface area (Å²) in [6.45, 7) is -0.367. The number of benzene rings is 1. The molecule has 0 aliphatic carbocycles. The van der Waals surface area contributed by atoms with Gasteiger partial charge < -0.3 is 15.6 Å². The molecule has 0 atom stereocenters. The van der Waals surface area contributed by atoms with Crippen molar-refractivity contribution in [1.82, 2.24) is 0 Å². The minimum absolute atomic E-state index is 0.0243. The van der Waals surface area contributed by atoms with Crippen molar-refractivity contribution in [1.29, 1.82) is 0 Å². The van der Waals surface area contributed by atoms with E-state index in [1.54, 1.807) is 0 Å². The normalized spacial score (nSPS) is 9.86. The van der Waals surface area contributed by atoms with E-state index >= 15 is 0 Å². The van der Waals surface area contributed by atoms with Crippen LogP contribution >= 0.6 is 0 Å². The zero-order valence-corrected chi connectivity index (χ0v) is 7.37. The first kappa shape index (κ1) is 10.5. The van der Waals surface area contributed by atoms with Gasteiger partial charge in [-0.25, -0.2) is 9.18 Å². The zero-order chi connectivity index (χ0) is 10.6. The van der Waals surface area contributed by atoms with Crippen LogP contribution in [0.3, 0.4) is 0 Å². The van der Waals surface area contributed by atoms with E-state index < -0.39 is 11.8 Å². The van der Waals surface area contributed by atoms with Gasteiger partial charge in [-0.3, -0.25) is 0 Å². The molecule has 4 nitrogen and oxygen atoms in total. The molecule has 0 radical (unpaired) electrons. The number of nitrogen functional groups attached to an aromatic ring is 1. The number of ether oxygens (including phenoxy) is 1. The summed E-state index contributed by atoms with van der Waals surface area (Å²) in [5.41, 5.74) is 5.27. The Balaban J connectivity index is 2.76. The number of hydrogen-bond donors (Lipinski definition) is 2. The molecule has 3 N–H and O–H groups in total. The predicted molar refractivity (Wildman–Crippen MR) is 48.2 cm³/mol. The van der Waals surface area contributed by atoms with Gasteiger partial charge in [-0.15, -0.1) is 0 Å². The topological polar surface area (TPSA) is 72.6 Å². The Morgan fingerprint density at radius 2 is 2.29 bits per heavy atom. The first-order valence-corrected chi connectivity index (χ1v) is 3.98. The number of rotatable bonds is 3. The molecule has 76 valence electrons. The summed E-state index contributed by atoms with van der Waals surface area (Å²) in [5, 5.41) is 8.39. The largest absolute Gasteiger partial charge is 0.460 e. The molecule has 0 unspecified atom stereocenters. The van der Waals surface area contributed by atoms with Crippen molar-refractivity contribution in [3.8, 4) is 0 Å². The highest BCUT2D eigenvalue weighted by atomic mass is 19.1. The van der Waals surface area contributed by atoms with Crippen molar-refractivity contribution < 1.29 is 19.0 Å². The quantitative estimate of drug-likeness (QED) is 0.551. The van der Waals surface area contributed by atoms with Gasteiger partial charge >= 0.3 is 5.97 Å². The average Bonchev–Trinajstić information content (AvgIpc) is 2.18. The highest BCUT2D eigenvalue weighted by Crippen LogP contribution is 2.12. The molecule has 14 heavy (non-hydrogen) atoms. The van der Waals surface area contributed by atoms with E-state index in [2.05, 4.69) is 4.74 Å². The number of nitrogens with two attached hydrogens (primary N) is 1. The molecule has 0 aromatic heterocycles. The molecule has 0 fully saturated rings. The lowest BCUT2D eigenvalue weighted by atomic mass is 10.2. The molecule has 1 aromatic carbocycles. The first-order chi connectivity index (χ1) is 6.65. The molecule has 0 spiro atoms. The lowest BCUT2D eigenvalue weighted by Crippen LogP contribution is -2.09. The molecule has 1 rings (SSSR count). The molecular formula is C9H10FNO3. The number of halogens is 1. The molecule has 0 aliphatic rings. The highest BCUT2D eigenvalue weighted by Gasteiger charge is 2.08. The van der Waals surface area contributed by atoms with E-state index in [9.17, 15) is 9.18 Å². The Morgan fingerprint density at radius 1 is 1.57 bits per heavy atom. The summed E-state index contributed by atoms with van der Waals surface area (Å²) in [7, 11) is 0. The van der Waals surface area contributed by atoms with Gasteiger partial charge in [0.2, 0.25) is 0 Å². The summed E-state index contributed by atoms with van der Waals surface area (Å²) >= 11 is 0. The molecule has 0 bridgehead atoms. The van der Waals surface area contributed by atoms with Crippen LogP contribution in [-0.4, -0.2) is 24.3 Å². The fourth-order valence-electron chi connectivity index (χ4n) is 0.876. The summed E-state index contributed by atoms with van der Waals surface area (Å²) in [6.07, 6.45) is 0. The summed E-state index contributed by atoms with van der Waals surface area (Å²) < 4.78 is 17.5. The van der Waals surface area contributed by atoms with E-state index in [-0.39, 0.29) is 24.5 Å². The van der Waals surface area contributed by atoms with Crippen LogP contribution in [-0.2, 0) is 4.74 Å². The third kappa shape index (κ3) is 2.43. The molecule has 0 heterocycles. The third-order valence-corrected chi connectivity index (χ3v) is 1.56. The van der Waals surface area contributed by atoms with Crippen LogP contribution in [0.15, 0.2) is 18.2 Å². The van der Waals surface area contributed by atoms with E-state index in [0.29, 0.717) is 0 Å². The monoisotopic (exact) mass is 199 g/mol. The van der Waals surface area contributed by atoms with Crippen molar-refractivity contribution in [3.63, 3.8) is 0 Å².